The number of hydrogen-bond donors (Lipinski definition) is 0. The summed E-state index contributed by atoms with van der Waals surface area (Å²) >= 11 is 7.44. The van der Waals surface area contributed by atoms with Gasteiger partial charge in [-0.05, 0) is 36.2 Å². The maximum absolute atomic E-state index is 13.4. The second-order valence-corrected chi connectivity index (χ2v) is 8.69. The Morgan fingerprint density at radius 2 is 1.79 bits per heavy atom. The summed E-state index contributed by atoms with van der Waals surface area (Å²) in [6.45, 7) is 3.89. The lowest BCUT2D eigenvalue weighted by molar-refractivity contribution is -0.120. The van der Waals surface area contributed by atoms with Gasteiger partial charge in [-0.1, -0.05) is 43.6 Å². The minimum absolute atomic E-state index is 0.0464. The van der Waals surface area contributed by atoms with Crippen molar-refractivity contribution in [3.8, 4) is 0 Å². The van der Waals surface area contributed by atoms with Gasteiger partial charge in [-0.2, -0.15) is 0 Å². The molecule has 1 unspecified atom stereocenters. The number of carbonyl (C=O) groups excluding carboxylic acids is 1. The first kappa shape index (κ1) is 17.4. The number of hydrogen-bond acceptors (Lipinski definition) is 4. The van der Waals surface area contributed by atoms with E-state index in [1.165, 1.54) is 16.2 Å². The fourth-order valence-electron chi connectivity index (χ4n) is 3.81. The highest BCUT2D eigenvalue weighted by Gasteiger charge is 2.42. The third kappa shape index (κ3) is 2.34. The van der Waals surface area contributed by atoms with Gasteiger partial charge >= 0.3 is 0 Å². The van der Waals surface area contributed by atoms with Crippen LogP contribution in [0.1, 0.15) is 19.9 Å². The molecular weight excluding hydrogens is 394 g/mol. The first-order valence-electron chi connectivity index (χ1n) is 9.00. The molecule has 7 heteroatoms. The van der Waals surface area contributed by atoms with Crippen molar-refractivity contribution in [3.63, 3.8) is 0 Å². The molecule has 1 atom stereocenters. The van der Waals surface area contributed by atoms with Crippen molar-refractivity contribution >= 4 is 60.8 Å². The van der Waals surface area contributed by atoms with Crippen LogP contribution in [0.15, 0.2) is 53.3 Å². The molecule has 0 saturated heterocycles. The van der Waals surface area contributed by atoms with Gasteiger partial charge in [0.15, 0.2) is 0 Å². The third-order valence-corrected chi connectivity index (χ3v) is 6.48. The Morgan fingerprint density at radius 3 is 2.50 bits per heavy atom. The Labute approximate surface area is 169 Å². The number of carbonyl (C=O) groups is 1. The van der Waals surface area contributed by atoms with E-state index in [2.05, 4.69) is 0 Å². The van der Waals surface area contributed by atoms with Gasteiger partial charge in [0.25, 0.3) is 11.5 Å². The number of fused-ring (bicyclic) bond motifs is 4. The van der Waals surface area contributed by atoms with E-state index >= 15 is 0 Å². The molecular formula is C21H16ClN3O2S. The van der Waals surface area contributed by atoms with Crippen molar-refractivity contribution in [1.29, 1.82) is 0 Å². The molecule has 0 spiro atoms. The minimum Gasteiger partial charge on any atom is -0.272 e. The molecule has 0 aliphatic carbocycles. The molecule has 3 heterocycles. The Balaban J connectivity index is 1.86. The average molecular weight is 410 g/mol. The summed E-state index contributed by atoms with van der Waals surface area (Å²) in [5.74, 6) is 0.172. The summed E-state index contributed by atoms with van der Waals surface area (Å²) in [6.07, 6.45) is 0. The van der Waals surface area contributed by atoms with Gasteiger partial charge in [0, 0.05) is 15.1 Å². The second-order valence-electron chi connectivity index (χ2n) is 7.20. The van der Waals surface area contributed by atoms with Crippen molar-refractivity contribution in [3.05, 3.63) is 63.9 Å². The highest BCUT2D eigenvalue weighted by atomic mass is 35.5. The highest BCUT2D eigenvalue weighted by Crippen LogP contribution is 2.40. The molecule has 5 nitrogen and oxygen atoms in total. The van der Waals surface area contributed by atoms with E-state index < -0.39 is 6.04 Å². The largest absolute Gasteiger partial charge is 0.273 e. The molecule has 5 rings (SSSR count). The standard InChI is InChI=1S/C21H16ClN3O2S/c1-11(2)17-19(26)24(13-9-7-12(22)8-10-13)21-23-16-14-5-3-4-6-15(14)28-18(16)20(27)25(17)21/h3-11,17H,1-2H3. The van der Waals surface area contributed by atoms with Gasteiger partial charge < -0.3 is 0 Å². The zero-order valence-electron chi connectivity index (χ0n) is 15.2. The fourth-order valence-corrected chi connectivity index (χ4v) is 5.01. The maximum Gasteiger partial charge on any atom is 0.273 e. The molecule has 140 valence electrons. The van der Waals surface area contributed by atoms with Crippen LogP contribution in [0, 0.1) is 5.92 Å². The molecule has 1 aliphatic rings. The monoisotopic (exact) mass is 409 g/mol. The van der Waals surface area contributed by atoms with Crippen LogP contribution < -0.4 is 10.5 Å². The van der Waals surface area contributed by atoms with E-state index in [0.29, 0.717) is 26.9 Å². The van der Waals surface area contributed by atoms with Crippen LogP contribution in [0.4, 0.5) is 11.6 Å². The molecule has 2 aromatic heterocycles. The van der Waals surface area contributed by atoms with Crippen molar-refractivity contribution in [1.82, 2.24) is 9.55 Å². The average Bonchev–Trinajstić information content (AvgIpc) is 3.19. The van der Waals surface area contributed by atoms with Gasteiger partial charge in [0.2, 0.25) is 5.95 Å². The number of amides is 1. The van der Waals surface area contributed by atoms with E-state index in [1.807, 2.05) is 38.1 Å². The van der Waals surface area contributed by atoms with Crippen LogP contribution >= 0.6 is 22.9 Å². The van der Waals surface area contributed by atoms with E-state index in [9.17, 15) is 9.59 Å². The number of halogens is 1. The van der Waals surface area contributed by atoms with Gasteiger partial charge in [0.1, 0.15) is 10.7 Å². The lowest BCUT2D eigenvalue weighted by atomic mass is 10.0. The number of rotatable bonds is 2. The lowest BCUT2D eigenvalue weighted by Gasteiger charge is -2.16. The molecule has 2 aromatic carbocycles. The zero-order chi connectivity index (χ0) is 19.6. The second kappa shape index (κ2) is 6.15. The van der Waals surface area contributed by atoms with Gasteiger partial charge in [0.05, 0.1) is 11.2 Å². The summed E-state index contributed by atoms with van der Waals surface area (Å²) in [4.78, 5) is 33.1. The smallest absolute Gasteiger partial charge is 0.272 e. The van der Waals surface area contributed by atoms with Gasteiger partial charge in [-0.3, -0.25) is 14.2 Å². The highest BCUT2D eigenvalue weighted by molar-refractivity contribution is 7.25. The maximum atomic E-state index is 13.4. The summed E-state index contributed by atoms with van der Waals surface area (Å²) in [5.41, 5.74) is 1.13. The van der Waals surface area contributed by atoms with Crippen LogP contribution in [0.3, 0.4) is 0 Å². The minimum atomic E-state index is -0.583. The first-order valence-corrected chi connectivity index (χ1v) is 10.2. The van der Waals surface area contributed by atoms with Crippen LogP contribution in [-0.2, 0) is 4.79 Å². The van der Waals surface area contributed by atoms with Crippen molar-refractivity contribution in [2.45, 2.75) is 19.9 Å². The molecule has 28 heavy (non-hydrogen) atoms. The molecule has 0 fully saturated rings. The topological polar surface area (TPSA) is 55.2 Å². The predicted octanol–water partition coefficient (Wildman–Crippen LogP) is 5.14. The van der Waals surface area contributed by atoms with Crippen LogP contribution in [0.5, 0.6) is 0 Å². The van der Waals surface area contributed by atoms with E-state index in [0.717, 1.165) is 10.1 Å². The fraction of sp³-hybridized carbons (Fsp3) is 0.190. The molecule has 0 N–H and O–H groups in total. The summed E-state index contributed by atoms with van der Waals surface area (Å²) in [5, 5.41) is 1.51. The number of thiophene rings is 1. The SMILES string of the molecule is CC(C)C1C(=O)N(c2ccc(Cl)cc2)c2nc3c(sc4ccccc43)c(=O)n21. The number of nitrogens with zero attached hydrogens (tertiary/aromatic N) is 3. The van der Waals surface area contributed by atoms with Crippen molar-refractivity contribution in [2.24, 2.45) is 5.92 Å². The summed E-state index contributed by atoms with van der Waals surface area (Å²) in [7, 11) is 0. The quantitative estimate of drug-likeness (QED) is 0.460. The molecule has 4 aromatic rings. The van der Waals surface area contributed by atoms with Crippen LogP contribution in [-0.4, -0.2) is 15.5 Å². The zero-order valence-corrected chi connectivity index (χ0v) is 16.8. The normalized spacial score (nSPS) is 16.5. The number of aromatic nitrogens is 2. The third-order valence-electron chi connectivity index (χ3n) is 5.08. The lowest BCUT2D eigenvalue weighted by Crippen LogP contribution is -2.29. The Kier molecular flexibility index (Phi) is 3.82. The van der Waals surface area contributed by atoms with Gasteiger partial charge in [-0.15, -0.1) is 11.3 Å². The molecule has 0 bridgehead atoms. The van der Waals surface area contributed by atoms with Crippen molar-refractivity contribution in [2.75, 3.05) is 4.90 Å². The molecule has 1 aliphatic heterocycles. The summed E-state index contributed by atoms with van der Waals surface area (Å²) in [6, 6.07) is 14.2. The van der Waals surface area contributed by atoms with E-state index in [1.54, 1.807) is 28.8 Å². The number of benzene rings is 2. The predicted molar refractivity (Wildman–Crippen MR) is 114 cm³/mol. The number of anilines is 2. The van der Waals surface area contributed by atoms with Crippen molar-refractivity contribution < 1.29 is 4.79 Å². The molecule has 0 radical (unpaired) electrons. The van der Waals surface area contributed by atoms with Crippen LogP contribution in [0.2, 0.25) is 5.02 Å². The van der Waals surface area contributed by atoms with Crippen LogP contribution in [0.25, 0.3) is 20.3 Å². The molecule has 0 saturated carbocycles. The van der Waals surface area contributed by atoms with E-state index in [4.69, 9.17) is 16.6 Å². The summed E-state index contributed by atoms with van der Waals surface area (Å²) < 4.78 is 3.15. The first-order chi connectivity index (χ1) is 13.5. The Hall–Kier alpha value is -2.70. The Bertz CT molecular complexity index is 1310. The Morgan fingerprint density at radius 1 is 1.07 bits per heavy atom. The molecule has 1 amide bonds. The van der Waals surface area contributed by atoms with Gasteiger partial charge in [-0.25, -0.2) is 9.88 Å². The van der Waals surface area contributed by atoms with E-state index in [-0.39, 0.29) is 17.4 Å².